The number of nitrogens with zero attached hydrogens (tertiary/aromatic N) is 2. The Balaban J connectivity index is 2.10. The monoisotopic (exact) mass is 263 g/mol. The molecule has 1 aromatic rings. The number of hydrogen-bond acceptors (Lipinski definition) is 4. The number of aliphatic imine (C=N–C) groups is 1. The second kappa shape index (κ2) is 5.79. The Kier molecular flexibility index (Phi) is 4.11. The number of fused-ring (bicyclic) bond motifs is 1. The molecule has 102 valence electrons. The van der Waals surface area contributed by atoms with Crippen LogP contribution in [0.15, 0.2) is 23.2 Å². The summed E-state index contributed by atoms with van der Waals surface area (Å²) >= 11 is 0. The number of rotatable bonds is 4. The van der Waals surface area contributed by atoms with Crippen molar-refractivity contribution in [2.45, 2.75) is 25.9 Å². The average molecular weight is 263 g/mol. The normalized spacial score (nSPS) is 17.7. The van der Waals surface area contributed by atoms with Gasteiger partial charge >= 0.3 is 0 Å². The molecule has 0 saturated carbocycles. The molecule has 1 aliphatic heterocycles. The van der Waals surface area contributed by atoms with E-state index in [-0.39, 0.29) is 16.7 Å². The van der Waals surface area contributed by atoms with Crippen LogP contribution >= 0.6 is 0 Å². The highest BCUT2D eigenvalue weighted by molar-refractivity contribution is 5.98. The number of benzene rings is 1. The van der Waals surface area contributed by atoms with Crippen LogP contribution in [-0.4, -0.2) is 30.5 Å². The molecule has 1 unspecified atom stereocenters. The Labute approximate surface area is 111 Å². The molecule has 1 N–H and O–H groups in total. The SMILES string of the molecule is COC(C)CN=C1CCc2cc([N+](=O)[O-])ccc2N1. The molecule has 6 nitrogen and oxygen atoms in total. The molecule has 1 aromatic carbocycles. The van der Waals surface area contributed by atoms with Crippen molar-refractivity contribution in [3.05, 3.63) is 33.9 Å². The van der Waals surface area contributed by atoms with Gasteiger partial charge in [-0.1, -0.05) is 0 Å². The van der Waals surface area contributed by atoms with Crippen LogP contribution in [0.1, 0.15) is 18.9 Å². The smallest absolute Gasteiger partial charge is 0.269 e. The number of ether oxygens (including phenoxy) is 1. The van der Waals surface area contributed by atoms with Crippen LogP contribution in [0.4, 0.5) is 11.4 Å². The molecule has 0 fully saturated rings. The highest BCUT2D eigenvalue weighted by atomic mass is 16.6. The zero-order valence-corrected chi connectivity index (χ0v) is 11.0. The first-order valence-electron chi connectivity index (χ1n) is 6.20. The molecule has 1 atom stereocenters. The van der Waals surface area contributed by atoms with Crippen molar-refractivity contribution in [1.82, 2.24) is 0 Å². The topological polar surface area (TPSA) is 76.8 Å². The van der Waals surface area contributed by atoms with Gasteiger partial charge in [-0.25, -0.2) is 0 Å². The zero-order chi connectivity index (χ0) is 13.8. The molecule has 2 rings (SSSR count). The second-order valence-corrected chi connectivity index (χ2v) is 4.56. The minimum atomic E-state index is -0.371. The molecule has 0 amide bonds. The van der Waals surface area contributed by atoms with Crippen LogP contribution < -0.4 is 5.32 Å². The van der Waals surface area contributed by atoms with E-state index in [1.165, 1.54) is 6.07 Å². The lowest BCUT2D eigenvalue weighted by Gasteiger charge is -2.20. The van der Waals surface area contributed by atoms with Gasteiger partial charge in [-0.3, -0.25) is 15.1 Å². The van der Waals surface area contributed by atoms with Gasteiger partial charge in [0.25, 0.3) is 5.69 Å². The minimum Gasteiger partial charge on any atom is -0.380 e. The van der Waals surface area contributed by atoms with E-state index < -0.39 is 0 Å². The van der Waals surface area contributed by atoms with Gasteiger partial charge in [-0.15, -0.1) is 0 Å². The molecule has 6 heteroatoms. The third-order valence-corrected chi connectivity index (χ3v) is 3.15. The molecule has 0 bridgehead atoms. The number of nitro benzene ring substituents is 1. The van der Waals surface area contributed by atoms with Crippen molar-refractivity contribution < 1.29 is 9.66 Å². The first kappa shape index (κ1) is 13.5. The lowest BCUT2D eigenvalue weighted by Crippen LogP contribution is -2.22. The highest BCUT2D eigenvalue weighted by Crippen LogP contribution is 2.26. The number of nitro groups is 1. The Morgan fingerprint density at radius 3 is 3.00 bits per heavy atom. The summed E-state index contributed by atoms with van der Waals surface area (Å²) in [5.41, 5.74) is 2.00. The summed E-state index contributed by atoms with van der Waals surface area (Å²) in [5.74, 6) is 0.908. The summed E-state index contributed by atoms with van der Waals surface area (Å²) < 4.78 is 5.14. The maximum absolute atomic E-state index is 10.7. The highest BCUT2D eigenvalue weighted by Gasteiger charge is 2.17. The van der Waals surface area contributed by atoms with Crippen LogP contribution in [0.3, 0.4) is 0 Å². The number of hydrogen-bond donors (Lipinski definition) is 1. The number of amidine groups is 1. The van der Waals surface area contributed by atoms with Crippen molar-refractivity contribution in [2.75, 3.05) is 19.0 Å². The fraction of sp³-hybridized carbons (Fsp3) is 0.462. The van der Waals surface area contributed by atoms with Gasteiger partial charge < -0.3 is 10.1 Å². The summed E-state index contributed by atoms with van der Waals surface area (Å²) in [7, 11) is 1.66. The lowest BCUT2D eigenvalue weighted by atomic mass is 10.0. The van der Waals surface area contributed by atoms with Crippen molar-refractivity contribution in [3.63, 3.8) is 0 Å². The maximum atomic E-state index is 10.7. The van der Waals surface area contributed by atoms with Crippen molar-refractivity contribution in [2.24, 2.45) is 4.99 Å². The molecule has 19 heavy (non-hydrogen) atoms. The fourth-order valence-electron chi connectivity index (χ4n) is 1.93. The van der Waals surface area contributed by atoms with E-state index in [1.54, 1.807) is 19.2 Å². The fourth-order valence-corrected chi connectivity index (χ4v) is 1.93. The van der Waals surface area contributed by atoms with Crippen LogP contribution in [0.2, 0.25) is 0 Å². The summed E-state index contributed by atoms with van der Waals surface area (Å²) in [6, 6.07) is 4.87. The van der Waals surface area contributed by atoms with Gasteiger partial charge in [0.1, 0.15) is 5.84 Å². The van der Waals surface area contributed by atoms with Crippen LogP contribution in [-0.2, 0) is 11.2 Å². The summed E-state index contributed by atoms with van der Waals surface area (Å²) in [6.45, 7) is 2.57. The predicted molar refractivity (Wildman–Crippen MR) is 73.8 cm³/mol. The van der Waals surface area contributed by atoms with Gasteiger partial charge in [-0.05, 0) is 25.0 Å². The number of aryl methyl sites for hydroxylation is 1. The van der Waals surface area contributed by atoms with E-state index in [4.69, 9.17) is 4.74 Å². The average Bonchev–Trinajstić information content (AvgIpc) is 2.43. The minimum absolute atomic E-state index is 0.0903. The van der Waals surface area contributed by atoms with Gasteiger partial charge in [0.2, 0.25) is 0 Å². The molecule has 1 heterocycles. The quantitative estimate of drug-likeness (QED) is 0.668. The molecule has 0 aliphatic carbocycles. The van der Waals surface area contributed by atoms with E-state index in [0.29, 0.717) is 6.54 Å². The number of nitrogens with one attached hydrogen (secondary N) is 1. The van der Waals surface area contributed by atoms with Gasteiger partial charge in [-0.2, -0.15) is 0 Å². The van der Waals surface area contributed by atoms with Gasteiger partial charge in [0, 0.05) is 31.4 Å². The Morgan fingerprint density at radius 1 is 1.53 bits per heavy atom. The van der Waals surface area contributed by atoms with Crippen molar-refractivity contribution in [3.8, 4) is 0 Å². The molecule has 1 aliphatic rings. The number of anilines is 1. The number of methoxy groups -OCH3 is 1. The predicted octanol–water partition coefficient (Wildman–Crippen LogP) is 2.39. The summed E-state index contributed by atoms with van der Waals surface area (Å²) in [6.07, 6.45) is 1.63. The van der Waals surface area contributed by atoms with Gasteiger partial charge in [0.15, 0.2) is 0 Å². The standard InChI is InChI=1S/C13H17N3O3/c1-9(19-2)8-14-13-6-3-10-7-11(16(17)18)4-5-12(10)15-13/h4-5,7,9H,3,6,8H2,1-2H3,(H,14,15). The third-order valence-electron chi connectivity index (χ3n) is 3.15. The molecule has 0 spiro atoms. The van der Waals surface area contributed by atoms with E-state index >= 15 is 0 Å². The third kappa shape index (κ3) is 3.29. The second-order valence-electron chi connectivity index (χ2n) is 4.56. The van der Waals surface area contributed by atoms with E-state index in [9.17, 15) is 10.1 Å². The largest absolute Gasteiger partial charge is 0.380 e. The Bertz CT molecular complexity index is 514. The van der Waals surface area contributed by atoms with Gasteiger partial charge in [0.05, 0.1) is 17.6 Å². The first-order valence-corrected chi connectivity index (χ1v) is 6.20. The van der Waals surface area contributed by atoms with Crippen molar-refractivity contribution in [1.29, 1.82) is 0 Å². The molecule has 0 aromatic heterocycles. The van der Waals surface area contributed by atoms with Crippen molar-refractivity contribution >= 4 is 17.2 Å². The van der Waals surface area contributed by atoms with Crippen LogP contribution in [0.25, 0.3) is 0 Å². The van der Waals surface area contributed by atoms with E-state index in [2.05, 4.69) is 10.3 Å². The van der Waals surface area contributed by atoms with Crippen LogP contribution in [0, 0.1) is 10.1 Å². The lowest BCUT2D eigenvalue weighted by molar-refractivity contribution is -0.384. The van der Waals surface area contributed by atoms with E-state index in [1.807, 2.05) is 6.92 Å². The van der Waals surface area contributed by atoms with E-state index in [0.717, 1.165) is 29.9 Å². The molecule has 0 saturated heterocycles. The Morgan fingerprint density at radius 2 is 2.32 bits per heavy atom. The molecule has 0 radical (unpaired) electrons. The first-order chi connectivity index (χ1) is 9.10. The zero-order valence-electron chi connectivity index (χ0n) is 11.0. The molecular weight excluding hydrogens is 246 g/mol. The summed E-state index contributed by atoms with van der Waals surface area (Å²) in [5, 5.41) is 13.9. The Hall–Kier alpha value is -1.95. The van der Waals surface area contributed by atoms with Crippen LogP contribution in [0.5, 0.6) is 0 Å². The molecular formula is C13H17N3O3. The number of non-ortho nitro benzene ring substituents is 1. The summed E-state index contributed by atoms with van der Waals surface area (Å²) in [4.78, 5) is 14.8. The maximum Gasteiger partial charge on any atom is 0.269 e.